The molecule has 120 valence electrons. The van der Waals surface area contributed by atoms with Gasteiger partial charge in [-0.25, -0.2) is 9.97 Å². The quantitative estimate of drug-likeness (QED) is 0.609. The number of fused-ring (bicyclic) bond motifs is 2. The molecule has 1 aromatic carbocycles. The lowest BCUT2D eigenvalue weighted by molar-refractivity contribution is 0.122. The minimum absolute atomic E-state index is 0.667. The molecule has 4 heterocycles. The van der Waals surface area contributed by atoms with Gasteiger partial charge >= 0.3 is 0 Å². The molecule has 1 aliphatic rings. The third-order valence-corrected chi connectivity index (χ3v) is 5.18. The van der Waals surface area contributed by atoms with Crippen molar-refractivity contribution in [1.82, 2.24) is 20.2 Å². The highest BCUT2D eigenvalue weighted by Gasteiger charge is 2.20. The van der Waals surface area contributed by atoms with E-state index in [-0.39, 0.29) is 0 Å². The third kappa shape index (κ3) is 2.16. The van der Waals surface area contributed by atoms with Crippen LogP contribution in [0.25, 0.3) is 32.6 Å². The highest BCUT2D eigenvalue weighted by molar-refractivity contribution is 7.17. The van der Waals surface area contributed by atoms with Crippen LogP contribution in [0.15, 0.2) is 35.7 Å². The zero-order valence-electron chi connectivity index (χ0n) is 12.9. The van der Waals surface area contributed by atoms with Gasteiger partial charge in [0.1, 0.15) is 5.69 Å². The maximum absolute atomic E-state index is 5.48. The second-order valence-electron chi connectivity index (χ2n) is 5.72. The zero-order valence-corrected chi connectivity index (χ0v) is 13.7. The van der Waals surface area contributed by atoms with Gasteiger partial charge in [0.2, 0.25) is 0 Å². The van der Waals surface area contributed by atoms with E-state index >= 15 is 0 Å². The van der Waals surface area contributed by atoms with Crippen molar-refractivity contribution in [2.75, 3.05) is 31.2 Å². The summed E-state index contributed by atoms with van der Waals surface area (Å²) in [6, 6.07) is 10.1. The highest BCUT2D eigenvalue weighted by Crippen LogP contribution is 2.33. The van der Waals surface area contributed by atoms with E-state index in [1.54, 1.807) is 11.3 Å². The van der Waals surface area contributed by atoms with Gasteiger partial charge in [-0.1, -0.05) is 18.2 Å². The number of morpholine rings is 1. The van der Waals surface area contributed by atoms with Gasteiger partial charge in [0.05, 0.1) is 28.9 Å². The first-order valence-corrected chi connectivity index (χ1v) is 8.79. The van der Waals surface area contributed by atoms with Crippen LogP contribution < -0.4 is 4.90 Å². The molecule has 7 heteroatoms. The molecule has 0 atom stereocenters. The molecule has 0 amide bonds. The predicted octanol–water partition coefficient (Wildman–Crippen LogP) is 3.07. The standard InChI is InChI=1S/C17H15N5OS/c1-2-4-12-11(3-1)14(21-20-12)16-18-13-5-10-24-15(13)17(19-16)22-6-8-23-9-7-22/h1-5,10H,6-9H2,(H,20,21). The second-order valence-corrected chi connectivity index (χ2v) is 6.64. The van der Waals surface area contributed by atoms with Crippen molar-refractivity contribution in [1.29, 1.82) is 0 Å². The molecule has 0 spiro atoms. The summed E-state index contributed by atoms with van der Waals surface area (Å²) in [5.74, 6) is 1.65. The topological polar surface area (TPSA) is 66.9 Å². The predicted molar refractivity (Wildman–Crippen MR) is 95.5 cm³/mol. The van der Waals surface area contributed by atoms with Crippen molar-refractivity contribution >= 4 is 38.3 Å². The minimum atomic E-state index is 0.667. The number of anilines is 1. The number of rotatable bonds is 2. The molecule has 1 N–H and O–H groups in total. The first-order chi connectivity index (χ1) is 11.9. The maximum Gasteiger partial charge on any atom is 0.183 e. The summed E-state index contributed by atoms with van der Waals surface area (Å²) < 4.78 is 6.60. The Balaban J connectivity index is 1.71. The monoisotopic (exact) mass is 337 g/mol. The molecule has 0 saturated carbocycles. The van der Waals surface area contributed by atoms with Crippen LogP contribution in [-0.2, 0) is 4.74 Å². The molecular formula is C17H15N5OS. The van der Waals surface area contributed by atoms with Gasteiger partial charge in [-0.05, 0) is 17.5 Å². The van der Waals surface area contributed by atoms with Crippen LogP contribution in [0.1, 0.15) is 0 Å². The van der Waals surface area contributed by atoms with Gasteiger partial charge in [-0.2, -0.15) is 5.10 Å². The number of ether oxygens (including phenoxy) is 1. The summed E-state index contributed by atoms with van der Waals surface area (Å²) in [5, 5.41) is 10.6. The van der Waals surface area contributed by atoms with Crippen LogP contribution in [0.5, 0.6) is 0 Å². The van der Waals surface area contributed by atoms with E-state index in [4.69, 9.17) is 14.7 Å². The summed E-state index contributed by atoms with van der Waals surface area (Å²) in [7, 11) is 0. The van der Waals surface area contributed by atoms with Crippen molar-refractivity contribution < 1.29 is 4.74 Å². The number of para-hydroxylation sites is 1. The zero-order chi connectivity index (χ0) is 15.9. The Morgan fingerprint density at radius 1 is 1.08 bits per heavy atom. The number of hydrogen-bond acceptors (Lipinski definition) is 6. The lowest BCUT2D eigenvalue weighted by Gasteiger charge is -2.28. The fourth-order valence-electron chi connectivity index (χ4n) is 3.08. The summed E-state index contributed by atoms with van der Waals surface area (Å²) in [4.78, 5) is 11.9. The Morgan fingerprint density at radius 2 is 1.96 bits per heavy atom. The molecule has 0 unspecified atom stereocenters. The molecule has 0 bridgehead atoms. The van der Waals surface area contributed by atoms with Crippen LogP contribution in [0, 0.1) is 0 Å². The summed E-state index contributed by atoms with van der Waals surface area (Å²) in [5.41, 5.74) is 2.77. The van der Waals surface area contributed by atoms with Crippen LogP contribution >= 0.6 is 11.3 Å². The third-order valence-electron chi connectivity index (χ3n) is 4.28. The Hall–Kier alpha value is -2.51. The van der Waals surface area contributed by atoms with E-state index in [9.17, 15) is 0 Å². The molecule has 5 rings (SSSR count). The van der Waals surface area contributed by atoms with Crippen LogP contribution in [0.3, 0.4) is 0 Å². The smallest absolute Gasteiger partial charge is 0.183 e. The number of nitrogens with zero attached hydrogens (tertiary/aromatic N) is 4. The van der Waals surface area contributed by atoms with Crippen molar-refractivity contribution in [3.8, 4) is 11.5 Å². The van der Waals surface area contributed by atoms with Gasteiger partial charge in [0.15, 0.2) is 11.6 Å². The number of aromatic nitrogens is 4. The molecular weight excluding hydrogens is 322 g/mol. The number of thiophene rings is 1. The first-order valence-electron chi connectivity index (χ1n) is 7.91. The number of H-pyrrole nitrogens is 1. The maximum atomic E-state index is 5.48. The fourth-order valence-corrected chi connectivity index (χ4v) is 3.92. The van der Waals surface area contributed by atoms with E-state index in [0.717, 1.165) is 58.9 Å². The molecule has 0 aliphatic carbocycles. The SMILES string of the molecule is c1ccc2c(-c3nc(N4CCOCC4)c4sccc4n3)n[nH]c2c1. The van der Waals surface area contributed by atoms with Crippen molar-refractivity contribution in [3.05, 3.63) is 35.7 Å². The average Bonchev–Trinajstić information content (AvgIpc) is 3.28. The minimum Gasteiger partial charge on any atom is -0.378 e. The lowest BCUT2D eigenvalue weighted by atomic mass is 10.2. The largest absolute Gasteiger partial charge is 0.378 e. The molecule has 3 aromatic heterocycles. The Labute approximate surface area is 142 Å². The van der Waals surface area contributed by atoms with Crippen molar-refractivity contribution in [3.63, 3.8) is 0 Å². The van der Waals surface area contributed by atoms with E-state index in [1.807, 2.05) is 30.3 Å². The number of benzene rings is 1. The summed E-state index contributed by atoms with van der Waals surface area (Å²) in [6.45, 7) is 3.17. The fraction of sp³-hybridized carbons (Fsp3) is 0.235. The summed E-state index contributed by atoms with van der Waals surface area (Å²) in [6.07, 6.45) is 0. The highest BCUT2D eigenvalue weighted by atomic mass is 32.1. The molecule has 4 aromatic rings. The van der Waals surface area contributed by atoms with Crippen LogP contribution in [-0.4, -0.2) is 46.5 Å². The van der Waals surface area contributed by atoms with Crippen LogP contribution in [0.2, 0.25) is 0 Å². The molecule has 6 nitrogen and oxygen atoms in total. The van der Waals surface area contributed by atoms with Crippen molar-refractivity contribution in [2.24, 2.45) is 0 Å². The normalized spacial score (nSPS) is 15.4. The Kier molecular flexibility index (Phi) is 3.20. The average molecular weight is 337 g/mol. The van der Waals surface area contributed by atoms with Gasteiger partial charge in [-0.3, -0.25) is 5.10 Å². The van der Waals surface area contributed by atoms with E-state index < -0.39 is 0 Å². The number of nitrogens with one attached hydrogen (secondary N) is 1. The number of aromatic amines is 1. The second kappa shape index (κ2) is 5.54. The van der Waals surface area contributed by atoms with E-state index in [0.29, 0.717) is 5.82 Å². The van der Waals surface area contributed by atoms with Gasteiger partial charge in [0, 0.05) is 18.5 Å². The molecule has 1 fully saturated rings. The molecule has 24 heavy (non-hydrogen) atoms. The Morgan fingerprint density at radius 3 is 2.88 bits per heavy atom. The van der Waals surface area contributed by atoms with Gasteiger partial charge in [-0.15, -0.1) is 11.3 Å². The molecule has 1 aliphatic heterocycles. The first kappa shape index (κ1) is 13.9. The van der Waals surface area contributed by atoms with Crippen LogP contribution in [0.4, 0.5) is 5.82 Å². The van der Waals surface area contributed by atoms with Gasteiger partial charge < -0.3 is 9.64 Å². The van der Waals surface area contributed by atoms with Crippen molar-refractivity contribution in [2.45, 2.75) is 0 Å². The summed E-state index contributed by atoms with van der Waals surface area (Å²) >= 11 is 1.68. The van der Waals surface area contributed by atoms with Gasteiger partial charge in [0.25, 0.3) is 0 Å². The van der Waals surface area contributed by atoms with E-state index in [1.165, 1.54) is 0 Å². The number of hydrogen-bond donors (Lipinski definition) is 1. The lowest BCUT2D eigenvalue weighted by Crippen LogP contribution is -2.36. The molecule has 0 radical (unpaired) electrons. The van der Waals surface area contributed by atoms with E-state index in [2.05, 4.69) is 20.5 Å². The molecule has 1 saturated heterocycles. The Bertz CT molecular complexity index is 1020.